The van der Waals surface area contributed by atoms with E-state index in [1.807, 2.05) is 0 Å². The number of hydrogen-bond acceptors (Lipinski definition) is 5. The van der Waals surface area contributed by atoms with Gasteiger partial charge >= 0.3 is 0 Å². The molecule has 0 saturated carbocycles. The van der Waals surface area contributed by atoms with Crippen molar-refractivity contribution < 1.29 is 26.0 Å². The predicted octanol–water partition coefficient (Wildman–Crippen LogP) is 2.41. The third-order valence-corrected chi connectivity index (χ3v) is 7.93. The van der Waals surface area contributed by atoms with Crippen molar-refractivity contribution in [2.24, 2.45) is 0 Å². The van der Waals surface area contributed by atoms with E-state index < -0.39 is 38.3 Å². The molecule has 0 atom stereocenters. The second-order valence-electron chi connectivity index (χ2n) is 7.29. The Hall–Kier alpha value is -2.50. The van der Waals surface area contributed by atoms with Crippen LogP contribution < -0.4 is 9.62 Å². The van der Waals surface area contributed by atoms with Gasteiger partial charge in [-0.25, -0.2) is 21.2 Å². The number of carbonyl (C=O) groups excluding carboxylic acids is 1. The van der Waals surface area contributed by atoms with E-state index in [1.54, 1.807) is 0 Å². The van der Waals surface area contributed by atoms with Crippen molar-refractivity contribution in [3.8, 4) is 0 Å². The summed E-state index contributed by atoms with van der Waals surface area (Å²) < 4.78 is 65.3. The number of nitrogens with one attached hydrogen (secondary N) is 1. The number of hydrogen-bond donors (Lipinski definition) is 1. The quantitative estimate of drug-likeness (QED) is 0.671. The zero-order chi connectivity index (χ0) is 22.6. The molecule has 8 nitrogen and oxygen atoms in total. The molecule has 1 aliphatic heterocycles. The van der Waals surface area contributed by atoms with Crippen LogP contribution in [0, 0.1) is 5.82 Å². The summed E-state index contributed by atoms with van der Waals surface area (Å²) >= 11 is 0. The number of amides is 1. The summed E-state index contributed by atoms with van der Waals surface area (Å²) in [6.45, 7) is 0.417. The number of halogens is 1. The van der Waals surface area contributed by atoms with Gasteiger partial charge in [0.25, 0.3) is 0 Å². The van der Waals surface area contributed by atoms with Crippen LogP contribution in [0.4, 0.5) is 15.8 Å². The lowest BCUT2D eigenvalue weighted by Crippen LogP contribution is -2.37. The van der Waals surface area contributed by atoms with E-state index in [-0.39, 0.29) is 10.6 Å². The fourth-order valence-electron chi connectivity index (χ4n) is 3.33. The van der Waals surface area contributed by atoms with Crippen molar-refractivity contribution in [3.05, 3.63) is 54.3 Å². The number of piperidine rings is 1. The van der Waals surface area contributed by atoms with E-state index in [4.69, 9.17) is 0 Å². The zero-order valence-electron chi connectivity index (χ0n) is 17.0. The Kier molecular flexibility index (Phi) is 6.97. The number of carbonyl (C=O) groups is 1. The molecule has 31 heavy (non-hydrogen) atoms. The van der Waals surface area contributed by atoms with Gasteiger partial charge in [-0.15, -0.1) is 0 Å². The molecule has 2 aromatic carbocycles. The van der Waals surface area contributed by atoms with E-state index in [0.717, 1.165) is 35.9 Å². The lowest BCUT2D eigenvalue weighted by Gasteiger charge is -2.26. The maximum absolute atomic E-state index is 13.5. The van der Waals surface area contributed by atoms with Gasteiger partial charge in [-0.05, 0) is 55.3 Å². The molecule has 1 aliphatic rings. The first kappa shape index (κ1) is 23.2. The minimum absolute atomic E-state index is 0.0284. The van der Waals surface area contributed by atoms with Crippen molar-refractivity contribution in [1.82, 2.24) is 4.31 Å². The molecule has 0 aliphatic carbocycles. The molecule has 3 rings (SSSR count). The van der Waals surface area contributed by atoms with Crippen LogP contribution in [0.3, 0.4) is 0 Å². The van der Waals surface area contributed by atoms with E-state index in [9.17, 15) is 26.0 Å². The molecule has 1 saturated heterocycles. The van der Waals surface area contributed by atoms with Crippen LogP contribution in [0.1, 0.15) is 19.3 Å². The highest BCUT2D eigenvalue weighted by Crippen LogP contribution is 2.22. The lowest BCUT2D eigenvalue weighted by molar-refractivity contribution is -0.114. The van der Waals surface area contributed by atoms with E-state index in [2.05, 4.69) is 5.32 Å². The Labute approximate surface area is 181 Å². The molecule has 0 bridgehead atoms. The molecule has 0 aromatic heterocycles. The van der Waals surface area contributed by atoms with Crippen molar-refractivity contribution >= 4 is 37.3 Å². The average Bonchev–Trinajstić information content (AvgIpc) is 2.72. The first-order chi connectivity index (χ1) is 14.6. The summed E-state index contributed by atoms with van der Waals surface area (Å²) in [6, 6.07) is 10.6. The Balaban J connectivity index is 1.71. The Morgan fingerprint density at radius 1 is 1.03 bits per heavy atom. The maximum atomic E-state index is 13.5. The van der Waals surface area contributed by atoms with Gasteiger partial charge in [0.2, 0.25) is 26.0 Å². The monoisotopic (exact) mass is 469 g/mol. The summed E-state index contributed by atoms with van der Waals surface area (Å²) in [5.41, 5.74) is 0.343. The molecule has 1 fully saturated rings. The third-order valence-electron chi connectivity index (χ3n) is 4.87. The van der Waals surface area contributed by atoms with Crippen LogP contribution in [0.25, 0.3) is 0 Å². The molecule has 1 amide bonds. The molecule has 0 spiro atoms. The molecule has 0 radical (unpaired) electrons. The molecule has 168 valence electrons. The second kappa shape index (κ2) is 9.33. The van der Waals surface area contributed by atoms with Gasteiger partial charge in [0.15, 0.2) is 0 Å². The fourth-order valence-corrected chi connectivity index (χ4v) is 5.69. The number of sulfonamides is 2. The Morgan fingerprint density at radius 3 is 2.26 bits per heavy atom. The maximum Gasteiger partial charge on any atom is 0.245 e. The summed E-state index contributed by atoms with van der Waals surface area (Å²) in [5, 5.41) is 2.54. The molecule has 2 aromatic rings. The van der Waals surface area contributed by atoms with Gasteiger partial charge in [-0.1, -0.05) is 12.5 Å². The van der Waals surface area contributed by atoms with Crippen molar-refractivity contribution in [2.75, 3.05) is 35.5 Å². The highest BCUT2D eigenvalue weighted by molar-refractivity contribution is 7.92. The molecular weight excluding hydrogens is 445 g/mol. The van der Waals surface area contributed by atoms with Crippen LogP contribution in [-0.2, 0) is 24.8 Å². The highest BCUT2D eigenvalue weighted by Gasteiger charge is 2.26. The smallest absolute Gasteiger partial charge is 0.245 e. The lowest BCUT2D eigenvalue weighted by atomic mass is 10.2. The van der Waals surface area contributed by atoms with E-state index >= 15 is 0 Å². The molecule has 0 unspecified atom stereocenters. The first-order valence-corrected chi connectivity index (χ1v) is 13.0. The van der Waals surface area contributed by atoms with Crippen LogP contribution in [0.2, 0.25) is 0 Å². The normalized spacial score (nSPS) is 15.4. The minimum atomic E-state index is -3.84. The van der Waals surface area contributed by atoms with E-state index in [0.29, 0.717) is 18.8 Å². The molecular formula is C20H24FN3O5S2. The predicted molar refractivity (Wildman–Crippen MR) is 116 cm³/mol. The van der Waals surface area contributed by atoms with E-state index in [1.165, 1.54) is 46.8 Å². The highest BCUT2D eigenvalue weighted by atomic mass is 32.2. The Morgan fingerprint density at radius 2 is 1.68 bits per heavy atom. The van der Waals surface area contributed by atoms with Gasteiger partial charge in [0, 0.05) is 18.8 Å². The fraction of sp³-hybridized carbons (Fsp3) is 0.350. The number of nitrogens with zero attached hydrogens (tertiary/aromatic N) is 2. The summed E-state index contributed by atoms with van der Waals surface area (Å²) in [4.78, 5) is 12.5. The first-order valence-electron chi connectivity index (χ1n) is 9.71. The summed E-state index contributed by atoms with van der Waals surface area (Å²) in [5.74, 6) is -1.28. The third kappa shape index (κ3) is 5.81. The standard InChI is InChI=1S/C20H24FN3O5S2/c1-30(26,27)24(18-7-5-6-16(21)14-18)15-20(25)22-17-8-10-19(11-9-17)31(28,29)23-12-3-2-4-13-23/h5-11,14H,2-4,12-13,15H2,1H3,(H,22,25). The van der Waals surface area contributed by atoms with Crippen LogP contribution in [-0.4, -0.2) is 52.9 Å². The number of anilines is 2. The average molecular weight is 470 g/mol. The van der Waals surface area contributed by atoms with Crippen LogP contribution in [0.5, 0.6) is 0 Å². The van der Waals surface area contributed by atoms with Crippen molar-refractivity contribution in [3.63, 3.8) is 0 Å². The second-order valence-corrected chi connectivity index (χ2v) is 11.1. The van der Waals surface area contributed by atoms with Crippen LogP contribution >= 0.6 is 0 Å². The van der Waals surface area contributed by atoms with Gasteiger partial charge in [-0.3, -0.25) is 9.10 Å². The van der Waals surface area contributed by atoms with Gasteiger partial charge in [0.05, 0.1) is 16.8 Å². The van der Waals surface area contributed by atoms with Crippen molar-refractivity contribution in [2.45, 2.75) is 24.2 Å². The number of rotatable bonds is 7. The van der Waals surface area contributed by atoms with Gasteiger partial charge < -0.3 is 5.32 Å². The summed E-state index contributed by atoms with van der Waals surface area (Å²) in [6.07, 6.45) is 3.59. The van der Waals surface area contributed by atoms with Crippen LogP contribution in [0.15, 0.2) is 53.4 Å². The zero-order valence-corrected chi connectivity index (χ0v) is 18.6. The molecule has 11 heteroatoms. The Bertz CT molecular complexity index is 1150. The van der Waals surface area contributed by atoms with Gasteiger partial charge in [0.1, 0.15) is 12.4 Å². The molecule has 1 heterocycles. The molecule has 1 N–H and O–H groups in total. The largest absolute Gasteiger partial charge is 0.325 e. The SMILES string of the molecule is CS(=O)(=O)N(CC(=O)Nc1ccc(S(=O)(=O)N2CCCCC2)cc1)c1cccc(F)c1. The number of benzene rings is 2. The van der Waals surface area contributed by atoms with Gasteiger partial charge in [-0.2, -0.15) is 4.31 Å². The topological polar surface area (TPSA) is 104 Å². The van der Waals surface area contributed by atoms with Crippen molar-refractivity contribution in [1.29, 1.82) is 0 Å². The minimum Gasteiger partial charge on any atom is -0.325 e. The summed E-state index contributed by atoms with van der Waals surface area (Å²) in [7, 11) is -7.43.